The van der Waals surface area contributed by atoms with Crippen molar-refractivity contribution < 1.29 is 18.7 Å². The van der Waals surface area contributed by atoms with Gasteiger partial charge in [0.15, 0.2) is 0 Å². The van der Waals surface area contributed by atoms with Crippen molar-refractivity contribution in [2.45, 2.75) is 44.6 Å². The van der Waals surface area contributed by atoms with Crippen LogP contribution in [0.4, 0.5) is 10.3 Å². The molecule has 2 aromatic heterocycles. The molecule has 174 valence electrons. The van der Waals surface area contributed by atoms with Gasteiger partial charge in [-0.2, -0.15) is 9.97 Å². The number of aromatic nitrogens is 4. The fraction of sp³-hybridized carbons (Fsp3) is 0.435. The molecule has 1 saturated carbocycles. The van der Waals surface area contributed by atoms with Crippen LogP contribution in [0.3, 0.4) is 0 Å². The summed E-state index contributed by atoms with van der Waals surface area (Å²) in [6.07, 6.45) is 7.12. The average Bonchev–Trinajstić information content (AvgIpc) is 2.83. The molecule has 3 aromatic rings. The Kier molecular flexibility index (Phi) is 6.81. The number of benzene rings is 1. The van der Waals surface area contributed by atoms with Crippen LogP contribution in [0.15, 0.2) is 35.4 Å². The fourth-order valence-electron chi connectivity index (χ4n) is 4.28. The lowest BCUT2D eigenvalue weighted by molar-refractivity contribution is -0.120. The first kappa shape index (κ1) is 22.6. The first-order valence-corrected chi connectivity index (χ1v) is 10.9. The molecule has 33 heavy (non-hydrogen) atoms. The molecule has 1 aliphatic carbocycles. The maximum Gasteiger partial charge on any atom is 0.262 e. The first-order chi connectivity index (χ1) is 16.0. The molecule has 1 unspecified atom stereocenters. The zero-order valence-corrected chi connectivity index (χ0v) is 18.6. The Morgan fingerprint density at radius 2 is 1.85 bits per heavy atom. The molecule has 1 amide bonds. The molecule has 0 aliphatic heterocycles. The highest BCUT2D eigenvalue weighted by Gasteiger charge is 2.28. The third kappa shape index (κ3) is 5.10. The molecule has 0 radical (unpaired) electrons. The van der Waals surface area contributed by atoms with Gasteiger partial charge < -0.3 is 9.47 Å². The predicted molar refractivity (Wildman–Crippen MR) is 120 cm³/mol. The van der Waals surface area contributed by atoms with Crippen LogP contribution in [0.2, 0.25) is 0 Å². The Morgan fingerprint density at radius 1 is 1.15 bits per heavy atom. The van der Waals surface area contributed by atoms with E-state index in [9.17, 15) is 14.0 Å². The van der Waals surface area contributed by atoms with Gasteiger partial charge >= 0.3 is 0 Å². The summed E-state index contributed by atoms with van der Waals surface area (Å²) in [6, 6.07) is 4.47. The van der Waals surface area contributed by atoms with Gasteiger partial charge in [0, 0.05) is 0 Å². The third-order valence-electron chi connectivity index (χ3n) is 6.00. The van der Waals surface area contributed by atoms with E-state index in [1.807, 2.05) is 0 Å². The average molecular weight is 455 g/mol. The first-order valence-electron chi connectivity index (χ1n) is 10.9. The standard InChI is InChI=1S/C23H26FN5O4/c1-32-19-12-20(33-2)27-23(26-19)28-21(30)18(10-14-6-4-3-5-7-14)29-13-25-17-9-8-15(24)11-16(17)22(29)31/h8-9,11-14,18H,3-7,10H2,1-2H3,(H,26,27,28,30). The van der Waals surface area contributed by atoms with Crippen LogP contribution in [0.5, 0.6) is 11.8 Å². The number of hydrogen-bond donors (Lipinski definition) is 1. The molecule has 0 bridgehead atoms. The zero-order valence-electron chi connectivity index (χ0n) is 18.6. The second kappa shape index (κ2) is 9.93. The number of nitrogens with zero attached hydrogens (tertiary/aromatic N) is 4. The summed E-state index contributed by atoms with van der Waals surface area (Å²) in [7, 11) is 2.89. The quantitative estimate of drug-likeness (QED) is 0.581. The van der Waals surface area contributed by atoms with E-state index in [-0.39, 0.29) is 29.0 Å². The van der Waals surface area contributed by atoms with Crippen molar-refractivity contribution in [3.8, 4) is 11.8 Å². The van der Waals surface area contributed by atoms with Gasteiger partial charge in [-0.1, -0.05) is 32.1 Å². The van der Waals surface area contributed by atoms with Crippen LogP contribution in [0.1, 0.15) is 44.6 Å². The van der Waals surface area contributed by atoms with Crippen LogP contribution >= 0.6 is 0 Å². The van der Waals surface area contributed by atoms with Crippen LogP contribution in [0.25, 0.3) is 10.9 Å². The Bertz CT molecular complexity index is 1190. The van der Waals surface area contributed by atoms with E-state index in [0.29, 0.717) is 11.9 Å². The highest BCUT2D eigenvalue weighted by molar-refractivity contribution is 5.92. The van der Waals surface area contributed by atoms with Gasteiger partial charge in [-0.05, 0) is 30.5 Å². The van der Waals surface area contributed by atoms with Crippen LogP contribution in [-0.2, 0) is 4.79 Å². The van der Waals surface area contributed by atoms with E-state index in [1.54, 1.807) is 0 Å². The van der Waals surface area contributed by atoms with Gasteiger partial charge in [0.1, 0.15) is 11.9 Å². The molecular formula is C23H26FN5O4. The monoisotopic (exact) mass is 455 g/mol. The van der Waals surface area contributed by atoms with E-state index in [2.05, 4.69) is 20.3 Å². The number of fused-ring (bicyclic) bond motifs is 1. The Morgan fingerprint density at radius 3 is 2.52 bits per heavy atom. The minimum atomic E-state index is -0.860. The SMILES string of the molecule is COc1cc(OC)nc(NC(=O)C(CC2CCCCC2)n2cnc3ccc(F)cc3c2=O)n1. The molecule has 1 atom stereocenters. The number of carbonyl (C=O) groups is 1. The molecular weight excluding hydrogens is 429 g/mol. The van der Waals surface area contributed by atoms with Crippen LogP contribution in [-0.4, -0.2) is 39.6 Å². The van der Waals surface area contributed by atoms with Crippen molar-refractivity contribution >= 4 is 22.8 Å². The number of ether oxygens (including phenoxy) is 2. The molecule has 1 aromatic carbocycles. The van der Waals surface area contributed by atoms with Gasteiger partial charge in [0.2, 0.25) is 23.6 Å². The predicted octanol–water partition coefficient (Wildman–Crippen LogP) is 3.49. The molecule has 1 N–H and O–H groups in total. The number of hydrogen-bond acceptors (Lipinski definition) is 7. The second-order valence-electron chi connectivity index (χ2n) is 8.14. The zero-order chi connectivity index (χ0) is 23.4. The number of nitrogens with one attached hydrogen (secondary N) is 1. The number of rotatable bonds is 7. The lowest BCUT2D eigenvalue weighted by Gasteiger charge is -2.27. The summed E-state index contributed by atoms with van der Waals surface area (Å²) >= 11 is 0. The van der Waals surface area contributed by atoms with E-state index >= 15 is 0 Å². The minimum Gasteiger partial charge on any atom is -0.481 e. The highest BCUT2D eigenvalue weighted by atomic mass is 19.1. The molecule has 10 heteroatoms. The number of methoxy groups -OCH3 is 2. The Balaban J connectivity index is 1.71. The van der Waals surface area contributed by atoms with Crippen molar-refractivity contribution in [3.05, 3.63) is 46.8 Å². The van der Waals surface area contributed by atoms with E-state index in [1.165, 1.54) is 49.7 Å². The molecule has 0 spiro atoms. The van der Waals surface area contributed by atoms with Gasteiger partial charge in [-0.15, -0.1) is 0 Å². The maximum absolute atomic E-state index is 13.8. The number of carbonyl (C=O) groups excluding carboxylic acids is 1. The topological polar surface area (TPSA) is 108 Å². The van der Waals surface area contributed by atoms with Gasteiger partial charge in [-0.3, -0.25) is 19.5 Å². The lowest BCUT2D eigenvalue weighted by Crippen LogP contribution is -2.35. The number of halogens is 1. The second-order valence-corrected chi connectivity index (χ2v) is 8.14. The van der Waals surface area contributed by atoms with E-state index < -0.39 is 23.3 Å². The normalized spacial score (nSPS) is 15.2. The lowest BCUT2D eigenvalue weighted by atomic mass is 9.84. The summed E-state index contributed by atoms with van der Waals surface area (Å²) in [5.74, 6) is -0.273. The third-order valence-corrected chi connectivity index (χ3v) is 6.00. The van der Waals surface area contributed by atoms with Crippen molar-refractivity contribution in [3.63, 3.8) is 0 Å². The molecule has 0 saturated heterocycles. The van der Waals surface area contributed by atoms with Crippen LogP contribution < -0.4 is 20.3 Å². The summed E-state index contributed by atoms with van der Waals surface area (Å²) in [4.78, 5) is 39.2. The molecule has 4 rings (SSSR count). The molecule has 9 nitrogen and oxygen atoms in total. The summed E-state index contributed by atoms with van der Waals surface area (Å²) in [5.41, 5.74) is -0.102. The van der Waals surface area contributed by atoms with Gasteiger partial charge in [0.25, 0.3) is 5.56 Å². The van der Waals surface area contributed by atoms with Crippen molar-refractivity contribution in [2.75, 3.05) is 19.5 Å². The molecule has 1 fully saturated rings. The summed E-state index contributed by atoms with van der Waals surface area (Å²) in [6.45, 7) is 0. The van der Waals surface area contributed by atoms with Crippen molar-refractivity contribution in [1.29, 1.82) is 0 Å². The molecule has 1 aliphatic rings. The smallest absolute Gasteiger partial charge is 0.262 e. The van der Waals surface area contributed by atoms with Gasteiger partial charge in [-0.25, -0.2) is 9.37 Å². The Hall–Kier alpha value is -3.56. The summed E-state index contributed by atoms with van der Waals surface area (Å²) in [5, 5.41) is 2.81. The summed E-state index contributed by atoms with van der Waals surface area (Å²) < 4.78 is 25.4. The minimum absolute atomic E-state index is 0.00214. The number of anilines is 1. The van der Waals surface area contributed by atoms with Crippen LogP contribution in [0, 0.1) is 11.7 Å². The number of amides is 1. The van der Waals surface area contributed by atoms with Crippen molar-refractivity contribution in [1.82, 2.24) is 19.5 Å². The maximum atomic E-state index is 13.8. The Labute approximate surface area is 190 Å². The highest BCUT2D eigenvalue weighted by Crippen LogP contribution is 2.31. The molecule has 2 heterocycles. The fourth-order valence-corrected chi connectivity index (χ4v) is 4.28. The largest absolute Gasteiger partial charge is 0.481 e. The van der Waals surface area contributed by atoms with E-state index in [4.69, 9.17) is 9.47 Å². The van der Waals surface area contributed by atoms with E-state index in [0.717, 1.165) is 31.7 Å². The van der Waals surface area contributed by atoms with Crippen molar-refractivity contribution in [2.24, 2.45) is 5.92 Å². The van der Waals surface area contributed by atoms with Gasteiger partial charge in [0.05, 0.1) is 37.5 Å².